The first-order chi connectivity index (χ1) is 27.3. The van der Waals surface area contributed by atoms with Crippen LogP contribution >= 0.6 is 8.53 Å². The topological polar surface area (TPSA) is 137 Å². The molecule has 4 aromatic rings. The molecule has 1 saturated heterocycles. The Morgan fingerprint density at radius 1 is 0.930 bits per heavy atom. The highest BCUT2D eigenvalue weighted by Crippen LogP contribution is 2.73. The number of H-pyrrole nitrogens is 1. The third kappa shape index (κ3) is 7.11. The molecule has 1 N–H and O–H groups in total. The van der Waals surface area contributed by atoms with Crippen molar-refractivity contribution >= 4 is 8.53 Å². The van der Waals surface area contributed by atoms with Gasteiger partial charge in [-0.1, -0.05) is 54.6 Å². The van der Waals surface area contributed by atoms with Crippen LogP contribution in [0.15, 0.2) is 94.6 Å². The Bertz CT molecular complexity index is 2140. The van der Waals surface area contributed by atoms with Gasteiger partial charge in [0.05, 0.1) is 33.3 Å². The summed E-state index contributed by atoms with van der Waals surface area (Å²) in [5.41, 5.74) is -2.77. The fourth-order valence-corrected chi connectivity index (χ4v) is 10.6. The molecule has 1 aliphatic heterocycles. The number of nitrogens with zero attached hydrogens (tertiary/aromatic N) is 3. The zero-order valence-corrected chi connectivity index (χ0v) is 34.2. The molecule has 57 heavy (non-hydrogen) atoms. The number of alkyl halides is 1. The van der Waals surface area contributed by atoms with Crippen molar-refractivity contribution < 1.29 is 32.4 Å². The average Bonchev–Trinajstić information content (AvgIpc) is 3.71. The van der Waals surface area contributed by atoms with Crippen LogP contribution in [0.25, 0.3) is 0 Å². The minimum atomic E-state index is -1.96. The molecule has 7 rings (SSSR count). The van der Waals surface area contributed by atoms with Crippen molar-refractivity contribution in [1.29, 1.82) is 5.26 Å². The maximum atomic E-state index is 17.9. The van der Waals surface area contributed by atoms with E-state index in [1.165, 1.54) is 6.20 Å². The van der Waals surface area contributed by atoms with Crippen molar-refractivity contribution in [2.75, 3.05) is 20.8 Å². The Balaban J connectivity index is 1.42. The normalized spacial score (nSPS) is 25.6. The van der Waals surface area contributed by atoms with Gasteiger partial charge in [0, 0.05) is 23.8 Å². The SMILES string of the molecule is COc1ccc(C(O[C@]23C[C@H]2C[C@@]2(O[P@@](OCCC#N)N(C(C)C)C(C)C)[C@@H]3O[C@@H](n3cc(C)c(=O)[nH]c3=O)[C@H]2F)(c2ccccc2)c2ccc(OC)cc2)cc1. The lowest BCUT2D eigenvalue weighted by atomic mass is 9.79. The highest BCUT2D eigenvalue weighted by atomic mass is 31.2. The lowest BCUT2D eigenvalue weighted by molar-refractivity contribution is -0.162. The molecule has 12 nitrogen and oxygen atoms in total. The summed E-state index contributed by atoms with van der Waals surface area (Å²) in [4.78, 5) is 28.2. The smallest absolute Gasteiger partial charge is 0.330 e. The maximum absolute atomic E-state index is 17.9. The molecule has 2 aliphatic carbocycles. The van der Waals surface area contributed by atoms with Crippen LogP contribution in [0.2, 0.25) is 0 Å². The fraction of sp³-hybridized carbons (Fsp3) is 0.465. The van der Waals surface area contributed by atoms with Crippen molar-refractivity contribution in [2.24, 2.45) is 5.92 Å². The molecule has 2 saturated carbocycles. The number of nitrogens with one attached hydrogen (secondary N) is 1. The van der Waals surface area contributed by atoms with Crippen molar-refractivity contribution in [3.8, 4) is 17.6 Å². The number of hydrogen-bond donors (Lipinski definition) is 1. The van der Waals surface area contributed by atoms with Gasteiger partial charge in [0.2, 0.25) is 0 Å². The molecule has 0 unspecified atom stereocenters. The molecule has 0 spiro atoms. The second-order valence-corrected chi connectivity index (χ2v) is 16.9. The molecule has 0 bridgehead atoms. The Morgan fingerprint density at radius 3 is 2.04 bits per heavy atom. The summed E-state index contributed by atoms with van der Waals surface area (Å²) in [6, 6.07) is 27.2. The molecule has 2 heterocycles. The first kappa shape index (κ1) is 40.8. The molecular weight excluding hydrogens is 750 g/mol. The molecule has 14 heteroatoms. The number of aromatic amines is 1. The summed E-state index contributed by atoms with van der Waals surface area (Å²) in [6.07, 6.45) is -2.23. The predicted molar refractivity (Wildman–Crippen MR) is 213 cm³/mol. The summed E-state index contributed by atoms with van der Waals surface area (Å²) in [5.74, 6) is 1.12. The van der Waals surface area contributed by atoms with Crippen molar-refractivity contribution in [1.82, 2.24) is 14.2 Å². The number of fused-ring (bicyclic) bond motifs is 3. The standard InChI is InChI=1S/C43H50FN4O8P/c1-27(2)48(28(3)4)57(53-23-11-22-45)56-42-25-33-24-41(33,39(42)54-38(36(42)44)47-26-29(5)37(49)46-40(47)50)55-43(30-12-9-8-10-13-30,31-14-18-34(51-6)19-15-31)32-16-20-35(52-7)21-17-32/h8-10,12-21,26-28,33,36,38-39H,11,23-25H2,1-7H3,(H,46,49,50)/t33-,36+,38+,39+,41+,42-,57+/m0/s1. The van der Waals surface area contributed by atoms with Gasteiger partial charge in [0.25, 0.3) is 14.1 Å². The summed E-state index contributed by atoms with van der Waals surface area (Å²) in [5, 5.41) is 9.42. The lowest BCUT2D eigenvalue weighted by Gasteiger charge is -2.44. The molecule has 0 amide bonds. The Hall–Kier alpha value is -4.41. The molecule has 3 fully saturated rings. The number of ether oxygens (including phenoxy) is 4. The first-order valence-electron chi connectivity index (χ1n) is 19.3. The van der Waals surface area contributed by atoms with Gasteiger partial charge in [-0.15, -0.1) is 0 Å². The number of aromatic nitrogens is 2. The van der Waals surface area contributed by atoms with E-state index in [0.29, 0.717) is 17.9 Å². The monoisotopic (exact) mass is 800 g/mol. The van der Waals surface area contributed by atoms with Crippen LogP contribution < -0.4 is 20.7 Å². The Morgan fingerprint density at radius 2 is 1.49 bits per heavy atom. The van der Waals surface area contributed by atoms with E-state index >= 15 is 4.39 Å². The molecule has 7 atom stereocenters. The number of methoxy groups -OCH3 is 2. The van der Waals surface area contributed by atoms with Gasteiger partial charge in [-0.25, -0.2) is 13.9 Å². The van der Waals surface area contributed by atoms with Gasteiger partial charge in [-0.05, 0) is 94.3 Å². The zero-order chi connectivity index (χ0) is 40.7. The summed E-state index contributed by atoms with van der Waals surface area (Å²) >= 11 is 0. The van der Waals surface area contributed by atoms with Gasteiger partial charge < -0.3 is 28.0 Å². The zero-order valence-electron chi connectivity index (χ0n) is 33.3. The van der Waals surface area contributed by atoms with Crippen molar-refractivity contribution in [3.63, 3.8) is 0 Å². The van der Waals surface area contributed by atoms with Crippen molar-refractivity contribution in [3.05, 3.63) is 128 Å². The van der Waals surface area contributed by atoms with Crippen molar-refractivity contribution in [2.45, 2.75) is 101 Å². The average molecular weight is 801 g/mol. The van der Waals surface area contributed by atoms with Crippen LogP contribution in [0.1, 0.15) is 75.4 Å². The molecule has 1 aromatic heterocycles. The second-order valence-electron chi connectivity index (χ2n) is 15.5. The highest BCUT2D eigenvalue weighted by Gasteiger charge is 2.82. The van der Waals surface area contributed by atoms with Crippen LogP contribution in [0.5, 0.6) is 11.5 Å². The number of hydrogen-bond acceptors (Lipinski definition) is 10. The minimum Gasteiger partial charge on any atom is -0.497 e. The van der Waals surface area contributed by atoms with E-state index in [2.05, 4.69) is 15.7 Å². The Labute approximate surface area is 333 Å². The summed E-state index contributed by atoms with van der Waals surface area (Å²) in [7, 11) is 1.26. The van der Waals surface area contributed by atoms with Gasteiger partial charge in [0.1, 0.15) is 34.4 Å². The first-order valence-corrected chi connectivity index (χ1v) is 20.4. The van der Waals surface area contributed by atoms with E-state index in [0.717, 1.165) is 21.3 Å². The largest absolute Gasteiger partial charge is 0.497 e. The predicted octanol–water partition coefficient (Wildman–Crippen LogP) is 7.30. The third-order valence-corrected chi connectivity index (χ3v) is 13.6. The summed E-state index contributed by atoms with van der Waals surface area (Å²) < 4.78 is 60.2. The quantitative estimate of drug-likeness (QED) is 0.0699. The number of halogens is 1. The van der Waals surface area contributed by atoms with Gasteiger partial charge in [-0.3, -0.25) is 14.3 Å². The fourth-order valence-electron chi connectivity index (χ4n) is 8.75. The number of nitriles is 1. The van der Waals surface area contributed by atoms with E-state index < -0.39 is 55.1 Å². The van der Waals surface area contributed by atoms with Crippen LogP contribution in [-0.4, -0.2) is 70.6 Å². The van der Waals surface area contributed by atoms with E-state index in [-0.39, 0.29) is 43.0 Å². The molecule has 0 radical (unpaired) electrons. The van der Waals surface area contributed by atoms with Crippen LogP contribution in [0.4, 0.5) is 4.39 Å². The van der Waals surface area contributed by atoms with Crippen LogP contribution in [-0.2, 0) is 24.1 Å². The second kappa shape index (κ2) is 16.1. The number of aryl methyl sites for hydroxylation is 1. The lowest BCUT2D eigenvalue weighted by Crippen LogP contribution is -2.53. The maximum Gasteiger partial charge on any atom is 0.330 e. The van der Waals surface area contributed by atoms with Gasteiger partial charge in [0.15, 0.2) is 12.4 Å². The van der Waals surface area contributed by atoms with Gasteiger partial charge >= 0.3 is 5.69 Å². The summed E-state index contributed by atoms with van der Waals surface area (Å²) in [6.45, 7) is 9.68. The molecular formula is C43H50FN4O8P. The molecule has 3 aromatic carbocycles. The van der Waals surface area contributed by atoms with E-state index in [1.54, 1.807) is 21.1 Å². The minimum absolute atomic E-state index is 0.0642. The number of benzene rings is 3. The van der Waals surface area contributed by atoms with E-state index in [4.69, 9.17) is 28.0 Å². The Kier molecular flexibility index (Phi) is 11.5. The number of rotatable bonds is 16. The van der Waals surface area contributed by atoms with E-state index in [9.17, 15) is 14.9 Å². The highest BCUT2D eigenvalue weighted by molar-refractivity contribution is 7.44. The molecule has 3 aliphatic rings. The third-order valence-electron chi connectivity index (χ3n) is 11.4. The molecule has 302 valence electrons. The van der Waals surface area contributed by atoms with Crippen LogP contribution in [0, 0.1) is 24.2 Å². The van der Waals surface area contributed by atoms with Gasteiger partial charge in [-0.2, -0.15) is 5.26 Å². The van der Waals surface area contributed by atoms with E-state index in [1.807, 2.05) is 107 Å². The van der Waals surface area contributed by atoms with Crippen LogP contribution in [0.3, 0.4) is 0 Å².